The van der Waals surface area contributed by atoms with Crippen LogP contribution in [0.25, 0.3) is 0 Å². The molecule has 0 aromatic carbocycles. The first-order chi connectivity index (χ1) is 8.61. The van der Waals surface area contributed by atoms with Gasteiger partial charge in [-0.25, -0.2) is 4.98 Å². The summed E-state index contributed by atoms with van der Waals surface area (Å²) in [5.41, 5.74) is 5.91. The highest BCUT2D eigenvalue weighted by molar-refractivity contribution is 6.33. The van der Waals surface area contributed by atoms with Crippen LogP contribution in [0.1, 0.15) is 29.6 Å². The van der Waals surface area contributed by atoms with Gasteiger partial charge in [0.1, 0.15) is 5.82 Å². The van der Waals surface area contributed by atoms with Gasteiger partial charge >= 0.3 is 0 Å². The zero-order valence-electron chi connectivity index (χ0n) is 10.1. The monoisotopic (exact) mass is 269 g/mol. The number of hydrogen-bond donors (Lipinski definition) is 2. The van der Waals surface area contributed by atoms with Gasteiger partial charge in [0.25, 0.3) is 5.91 Å². The SMILES string of the molecule is COC1CCCC1NC(=O)c1cnc(N)c(Cl)c1. The maximum absolute atomic E-state index is 12.0. The second-order valence-electron chi connectivity index (χ2n) is 4.38. The minimum atomic E-state index is -0.196. The molecule has 6 heteroatoms. The van der Waals surface area contributed by atoms with Crippen LogP contribution in [0.4, 0.5) is 5.82 Å². The molecule has 1 aromatic rings. The van der Waals surface area contributed by atoms with Crippen LogP contribution in [0.15, 0.2) is 12.3 Å². The number of methoxy groups -OCH3 is 1. The summed E-state index contributed by atoms with van der Waals surface area (Å²) in [6.45, 7) is 0. The summed E-state index contributed by atoms with van der Waals surface area (Å²) in [6, 6.07) is 1.58. The van der Waals surface area contributed by atoms with Gasteiger partial charge in [0.05, 0.1) is 22.7 Å². The summed E-state index contributed by atoms with van der Waals surface area (Å²) in [4.78, 5) is 15.9. The molecule has 1 amide bonds. The number of carbonyl (C=O) groups excluding carboxylic acids is 1. The van der Waals surface area contributed by atoms with Gasteiger partial charge in [0.2, 0.25) is 0 Å². The summed E-state index contributed by atoms with van der Waals surface area (Å²) in [5.74, 6) is 0.0298. The van der Waals surface area contributed by atoms with Crippen LogP contribution < -0.4 is 11.1 Å². The zero-order valence-corrected chi connectivity index (χ0v) is 10.9. The van der Waals surface area contributed by atoms with Crippen molar-refractivity contribution in [1.82, 2.24) is 10.3 Å². The van der Waals surface area contributed by atoms with Crippen LogP contribution in [0.2, 0.25) is 5.02 Å². The molecule has 0 saturated heterocycles. The van der Waals surface area contributed by atoms with Crippen molar-refractivity contribution in [3.63, 3.8) is 0 Å². The molecular weight excluding hydrogens is 254 g/mol. The molecule has 1 heterocycles. The van der Waals surface area contributed by atoms with E-state index in [4.69, 9.17) is 22.1 Å². The van der Waals surface area contributed by atoms with Gasteiger partial charge in [0.15, 0.2) is 0 Å². The fourth-order valence-corrected chi connectivity index (χ4v) is 2.36. The van der Waals surface area contributed by atoms with Gasteiger partial charge in [-0.15, -0.1) is 0 Å². The summed E-state index contributed by atoms with van der Waals surface area (Å²) >= 11 is 5.84. The lowest BCUT2D eigenvalue weighted by molar-refractivity contribution is 0.0722. The van der Waals surface area contributed by atoms with Gasteiger partial charge in [-0.2, -0.15) is 0 Å². The number of nitrogens with two attached hydrogens (primary N) is 1. The summed E-state index contributed by atoms with van der Waals surface area (Å²) in [7, 11) is 1.66. The number of anilines is 1. The first kappa shape index (κ1) is 13.1. The Morgan fingerprint density at radius 3 is 3.06 bits per heavy atom. The Kier molecular flexibility index (Phi) is 4.04. The fourth-order valence-electron chi connectivity index (χ4n) is 2.20. The van der Waals surface area contributed by atoms with Crippen molar-refractivity contribution in [3.8, 4) is 0 Å². The number of hydrogen-bond acceptors (Lipinski definition) is 4. The fraction of sp³-hybridized carbons (Fsp3) is 0.500. The average Bonchev–Trinajstić information content (AvgIpc) is 2.79. The van der Waals surface area contributed by atoms with E-state index in [9.17, 15) is 4.79 Å². The van der Waals surface area contributed by atoms with Crippen LogP contribution in [-0.4, -0.2) is 30.1 Å². The van der Waals surface area contributed by atoms with E-state index in [1.165, 1.54) is 12.3 Å². The molecule has 0 radical (unpaired) electrons. The van der Waals surface area contributed by atoms with Crippen LogP contribution in [0.5, 0.6) is 0 Å². The van der Waals surface area contributed by atoms with E-state index < -0.39 is 0 Å². The molecule has 0 spiro atoms. The quantitative estimate of drug-likeness (QED) is 0.874. The number of nitrogens with one attached hydrogen (secondary N) is 1. The van der Waals surface area contributed by atoms with E-state index in [0.717, 1.165) is 19.3 Å². The van der Waals surface area contributed by atoms with Crippen molar-refractivity contribution < 1.29 is 9.53 Å². The normalized spacial score (nSPS) is 23.0. The third-order valence-corrected chi connectivity index (χ3v) is 3.51. The summed E-state index contributed by atoms with van der Waals surface area (Å²) in [6.07, 6.45) is 4.48. The minimum absolute atomic E-state index is 0.0545. The molecule has 1 aliphatic carbocycles. The van der Waals surface area contributed by atoms with Crippen LogP contribution >= 0.6 is 11.6 Å². The van der Waals surface area contributed by atoms with E-state index in [1.54, 1.807) is 7.11 Å². The largest absolute Gasteiger partial charge is 0.382 e. The highest BCUT2D eigenvalue weighted by Crippen LogP contribution is 2.22. The van der Waals surface area contributed by atoms with Gasteiger partial charge in [0, 0.05) is 13.3 Å². The van der Waals surface area contributed by atoms with E-state index in [0.29, 0.717) is 5.56 Å². The number of amides is 1. The molecule has 18 heavy (non-hydrogen) atoms. The Morgan fingerprint density at radius 2 is 2.39 bits per heavy atom. The van der Waals surface area contributed by atoms with Crippen LogP contribution in [-0.2, 0) is 4.74 Å². The van der Waals surface area contributed by atoms with Crippen molar-refractivity contribution in [3.05, 3.63) is 22.8 Å². The Labute approximate surface area is 111 Å². The van der Waals surface area contributed by atoms with Crippen molar-refractivity contribution >= 4 is 23.3 Å². The zero-order chi connectivity index (χ0) is 13.1. The Morgan fingerprint density at radius 1 is 1.61 bits per heavy atom. The first-order valence-electron chi connectivity index (χ1n) is 5.86. The molecule has 98 valence electrons. The lowest BCUT2D eigenvalue weighted by Gasteiger charge is -2.19. The first-order valence-corrected chi connectivity index (χ1v) is 6.24. The van der Waals surface area contributed by atoms with E-state index in [1.807, 2.05) is 0 Å². The van der Waals surface area contributed by atoms with Crippen molar-refractivity contribution in [2.45, 2.75) is 31.4 Å². The summed E-state index contributed by atoms with van der Waals surface area (Å²) in [5, 5.41) is 3.23. The Bertz CT molecular complexity index is 453. The Balaban J connectivity index is 2.05. The third kappa shape index (κ3) is 2.73. The predicted molar refractivity (Wildman–Crippen MR) is 69.6 cm³/mol. The lowest BCUT2D eigenvalue weighted by atomic mass is 10.2. The molecule has 1 saturated carbocycles. The van der Waals surface area contributed by atoms with E-state index in [2.05, 4.69) is 10.3 Å². The topological polar surface area (TPSA) is 77.2 Å². The maximum Gasteiger partial charge on any atom is 0.253 e. The van der Waals surface area contributed by atoms with E-state index >= 15 is 0 Å². The molecule has 1 fully saturated rings. The average molecular weight is 270 g/mol. The molecule has 2 unspecified atom stereocenters. The van der Waals surface area contributed by atoms with Crippen molar-refractivity contribution in [2.24, 2.45) is 0 Å². The van der Waals surface area contributed by atoms with Crippen molar-refractivity contribution in [2.75, 3.05) is 12.8 Å². The second-order valence-corrected chi connectivity index (χ2v) is 4.78. The van der Waals surface area contributed by atoms with Crippen molar-refractivity contribution in [1.29, 1.82) is 0 Å². The van der Waals surface area contributed by atoms with Crippen LogP contribution in [0, 0.1) is 0 Å². The molecule has 0 aliphatic heterocycles. The minimum Gasteiger partial charge on any atom is -0.382 e. The van der Waals surface area contributed by atoms with Gasteiger partial charge in [-0.3, -0.25) is 4.79 Å². The van der Waals surface area contributed by atoms with E-state index in [-0.39, 0.29) is 28.9 Å². The maximum atomic E-state index is 12.0. The number of nitrogen functional groups attached to an aromatic ring is 1. The number of ether oxygens (including phenoxy) is 1. The number of rotatable bonds is 3. The molecule has 3 N–H and O–H groups in total. The third-order valence-electron chi connectivity index (χ3n) is 3.20. The lowest BCUT2D eigenvalue weighted by Crippen LogP contribution is -2.40. The molecule has 1 aliphatic rings. The second kappa shape index (κ2) is 5.54. The predicted octanol–water partition coefficient (Wildman–Crippen LogP) is 1.61. The highest BCUT2D eigenvalue weighted by atomic mass is 35.5. The molecule has 0 bridgehead atoms. The molecule has 2 rings (SSSR count). The molecule has 2 atom stereocenters. The number of aromatic nitrogens is 1. The smallest absolute Gasteiger partial charge is 0.253 e. The standard InChI is InChI=1S/C12H16ClN3O2/c1-18-10-4-2-3-9(10)16-12(17)7-5-8(13)11(14)15-6-7/h5-6,9-10H,2-4H2,1H3,(H2,14,15)(H,16,17). The van der Waals surface area contributed by atoms with Gasteiger partial charge in [-0.1, -0.05) is 11.6 Å². The van der Waals surface area contributed by atoms with Gasteiger partial charge < -0.3 is 15.8 Å². The summed E-state index contributed by atoms with van der Waals surface area (Å²) < 4.78 is 5.33. The molecule has 1 aromatic heterocycles. The Hall–Kier alpha value is -1.33. The van der Waals surface area contributed by atoms with Gasteiger partial charge in [-0.05, 0) is 25.3 Å². The number of halogens is 1. The number of nitrogens with zero attached hydrogens (tertiary/aromatic N) is 1. The molecular formula is C12H16ClN3O2. The number of pyridine rings is 1. The molecule has 5 nitrogen and oxygen atoms in total. The number of carbonyl (C=O) groups is 1. The highest BCUT2D eigenvalue weighted by Gasteiger charge is 2.28. The van der Waals surface area contributed by atoms with Crippen LogP contribution in [0.3, 0.4) is 0 Å².